The van der Waals surface area contributed by atoms with E-state index in [9.17, 15) is 9.59 Å². The molecule has 6 aromatic rings. The van der Waals surface area contributed by atoms with Gasteiger partial charge in [0.1, 0.15) is 0 Å². The highest BCUT2D eigenvalue weighted by atomic mass is 16.5. The quantitative estimate of drug-likeness (QED) is 0.193. The Morgan fingerprint density at radius 3 is 1.77 bits per heavy atom. The van der Waals surface area contributed by atoms with E-state index < -0.39 is 7.12 Å². The second-order valence-corrected chi connectivity index (χ2v) is 9.59. The Bertz CT molecular complexity index is 1830. The van der Waals surface area contributed by atoms with E-state index in [0.717, 1.165) is 38.9 Å². The van der Waals surface area contributed by atoms with Crippen LogP contribution in [0.2, 0.25) is 0 Å². The Morgan fingerprint density at radius 2 is 1.19 bits per heavy atom. The Morgan fingerprint density at radius 1 is 0.674 bits per heavy atom. The second kappa shape index (κ2) is 14.2. The number of ether oxygens (including phenoxy) is 2. The predicted octanol–water partition coefficient (Wildman–Crippen LogP) is 5.35. The van der Waals surface area contributed by atoms with E-state index in [2.05, 4.69) is 9.55 Å². The number of benzene rings is 4. The highest BCUT2D eigenvalue weighted by molar-refractivity contribution is 6.58. The number of hydrogen-bond donors (Lipinski definition) is 3. The lowest BCUT2D eigenvalue weighted by Gasteiger charge is -2.08. The number of aromatic nitrogens is 2. The zero-order chi connectivity index (χ0) is 30.9. The van der Waals surface area contributed by atoms with Crippen LogP contribution in [-0.2, 0) is 9.47 Å². The maximum atomic E-state index is 12.1. The van der Waals surface area contributed by atoms with Gasteiger partial charge in [-0.15, -0.1) is 0 Å². The van der Waals surface area contributed by atoms with E-state index in [1.54, 1.807) is 24.3 Å². The molecule has 4 aromatic carbocycles. The molecule has 0 unspecified atom stereocenters. The van der Waals surface area contributed by atoms with Crippen molar-refractivity contribution >= 4 is 46.3 Å². The van der Waals surface area contributed by atoms with Crippen LogP contribution in [-0.4, -0.2) is 52.9 Å². The molecule has 9 heteroatoms. The number of nitrogens with zero attached hydrogens (tertiary/aromatic N) is 1. The summed E-state index contributed by atoms with van der Waals surface area (Å²) in [6, 6.07) is 34.2. The first-order chi connectivity index (χ1) is 20.8. The number of nitrogens with one attached hydrogen (secondary N) is 1. The molecule has 0 aliphatic heterocycles. The van der Waals surface area contributed by atoms with E-state index in [-0.39, 0.29) is 11.9 Å². The highest BCUT2D eigenvalue weighted by Gasteiger charge is 2.20. The fourth-order valence-electron chi connectivity index (χ4n) is 4.90. The molecule has 0 aliphatic rings. The number of para-hydroxylation sites is 3. The van der Waals surface area contributed by atoms with Crippen LogP contribution in [0.3, 0.4) is 0 Å². The molecule has 3 N–H and O–H groups in total. The van der Waals surface area contributed by atoms with Crippen molar-refractivity contribution in [1.29, 1.82) is 0 Å². The monoisotopic (exact) mass is 576 g/mol. The normalized spacial score (nSPS) is 10.3. The summed E-state index contributed by atoms with van der Waals surface area (Å²) in [5.41, 5.74) is 6.54. The molecule has 0 saturated heterocycles. The Labute approximate surface area is 250 Å². The van der Waals surface area contributed by atoms with Crippen LogP contribution in [0.5, 0.6) is 0 Å². The minimum atomic E-state index is -1.34. The number of H-pyrrole nitrogens is 1. The lowest BCUT2D eigenvalue weighted by molar-refractivity contribution is 0.0593. The molecular weight excluding hydrogens is 543 g/mol. The number of methoxy groups -OCH3 is 2. The van der Waals surface area contributed by atoms with Gasteiger partial charge < -0.3 is 29.1 Å². The molecule has 0 radical (unpaired) electrons. The summed E-state index contributed by atoms with van der Waals surface area (Å²) < 4.78 is 11.7. The third-order valence-corrected chi connectivity index (χ3v) is 6.90. The fourth-order valence-corrected chi connectivity index (χ4v) is 4.90. The van der Waals surface area contributed by atoms with Crippen molar-refractivity contribution in [1.82, 2.24) is 9.55 Å². The second-order valence-electron chi connectivity index (χ2n) is 9.59. The molecule has 0 spiro atoms. The number of carbonyl (C=O) groups excluding carboxylic acids is 2. The summed E-state index contributed by atoms with van der Waals surface area (Å²) in [7, 11) is 1.46. The molecule has 43 heavy (non-hydrogen) atoms. The molecule has 0 fully saturated rings. The first-order valence-corrected chi connectivity index (χ1v) is 13.6. The van der Waals surface area contributed by atoms with Gasteiger partial charge in [-0.1, -0.05) is 84.9 Å². The molecule has 0 saturated carbocycles. The first kappa shape index (κ1) is 30.8. The summed E-state index contributed by atoms with van der Waals surface area (Å²) in [6.07, 6.45) is 0. The summed E-state index contributed by atoms with van der Waals surface area (Å²) in [6.45, 7) is 3.81. The van der Waals surface area contributed by atoms with Crippen molar-refractivity contribution in [3.8, 4) is 5.69 Å². The van der Waals surface area contributed by atoms with E-state index in [4.69, 9.17) is 19.5 Å². The molecule has 6 rings (SSSR count). The number of aromatic amines is 1. The number of fused-ring (bicyclic) bond motifs is 2. The minimum Gasteiger partial charge on any atom is -0.465 e. The van der Waals surface area contributed by atoms with Crippen molar-refractivity contribution < 1.29 is 29.1 Å². The van der Waals surface area contributed by atoms with Gasteiger partial charge in [0.15, 0.2) is 0 Å². The molecule has 0 amide bonds. The van der Waals surface area contributed by atoms with E-state index in [0.29, 0.717) is 16.6 Å². The number of esters is 2. The van der Waals surface area contributed by atoms with Crippen LogP contribution < -0.4 is 5.46 Å². The largest absolute Gasteiger partial charge is 0.488 e. The summed E-state index contributed by atoms with van der Waals surface area (Å²) in [5, 5.41) is 19.0. The maximum absolute atomic E-state index is 12.1. The summed E-state index contributed by atoms with van der Waals surface area (Å²) in [4.78, 5) is 26.7. The van der Waals surface area contributed by atoms with Crippen LogP contribution in [0, 0.1) is 13.8 Å². The fraction of sp³-hybridized carbons (Fsp3) is 0.118. The molecule has 2 aromatic heterocycles. The van der Waals surface area contributed by atoms with Gasteiger partial charge in [-0.05, 0) is 43.6 Å². The Hall–Kier alpha value is -5.12. The van der Waals surface area contributed by atoms with Crippen LogP contribution in [0.25, 0.3) is 27.5 Å². The molecule has 2 heterocycles. The molecular formula is C34H33BN2O6. The van der Waals surface area contributed by atoms with Gasteiger partial charge in [0, 0.05) is 33.4 Å². The van der Waals surface area contributed by atoms with Crippen molar-refractivity contribution in [2.24, 2.45) is 0 Å². The third kappa shape index (κ3) is 6.86. The molecule has 8 nitrogen and oxygen atoms in total. The third-order valence-electron chi connectivity index (χ3n) is 6.90. The van der Waals surface area contributed by atoms with Gasteiger partial charge in [-0.2, -0.15) is 0 Å². The van der Waals surface area contributed by atoms with Crippen molar-refractivity contribution in [2.45, 2.75) is 13.8 Å². The standard InChI is InChI=1S/C17H15NO2.C11H11NO2.C6H7BO2/c1-12-16(17(19)20-2)14-10-6-7-11-15(14)18(12)13-8-4-3-5-9-13;1-7-10(11(13)14-2)8-5-3-4-6-9(8)12-7;8-7(9)6-4-2-1-3-5-6/h3-11H,1-2H3;3-6,12H,1-2H3;1-5,8-9H. The van der Waals surface area contributed by atoms with Gasteiger partial charge >= 0.3 is 19.1 Å². The SMILES string of the molecule is COC(=O)c1c(C)[nH]c2ccccc12.COC(=O)c1c(C)n(-c2ccccc2)c2ccccc12.OB(O)c1ccccc1. The Balaban J connectivity index is 0.000000160. The van der Waals surface area contributed by atoms with Gasteiger partial charge in [-0.3, -0.25) is 0 Å². The lowest BCUT2D eigenvalue weighted by Crippen LogP contribution is -2.29. The van der Waals surface area contributed by atoms with E-state index in [1.165, 1.54) is 14.2 Å². The van der Waals surface area contributed by atoms with Gasteiger partial charge in [-0.25, -0.2) is 9.59 Å². The van der Waals surface area contributed by atoms with Gasteiger partial charge in [0.25, 0.3) is 0 Å². The number of hydrogen-bond acceptors (Lipinski definition) is 6. The van der Waals surface area contributed by atoms with Crippen molar-refractivity contribution in [3.05, 3.63) is 132 Å². The summed E-state index contributed by atoms with van der Waals surface area (Å²) >= 11 is 0. The van der Waals surface area contributed by atoms with Crippen molar-refractivity contribution in [3.63, 3.8) is 0 Å². The van der Waals surface area contributed by atoms with Crippen LogP contribution in [0.15, 0.2) is 109 Å². The van der Waals surface area contributed by atoms with Crippen LogP contribution in [0.1, 0.15) is 32.1 Å². The average molecular weight is 576 g/mol. The molecule has 0 bridgehead atoms. The number of rotatable bonds is 4. The zero-order valence-electron chi connectivity index (χ0n) is 24.4. The van der Waals surface area contributed by atoms with Crippen LogP contribution in [0.4, 0.5) is 0 Å². The van der Waals surface area contributed by atoms with Crippen molar-refractivity contribution in [2.75, 3.05) is 14.2 Å². The zero-order valence-corrected chi connectivity index (χ0v) is 24.4. The van der Waals surface area contributed by atoms with Gasteiger partial charge in [0.05, 0.1) is 30.9 Å². The smallest absolute Gasteiger partial charge is 0.465 e. The molecule has 0 aliphatic carbocycles. The number of aryl methyl sites for hydroxylation is 1. The van der Waals surface area contributed by atoms with Gasteiger partial charge in [0.2, 0.25) is 0 Å². The minimum absolute atomic E-state index is 0.292. The topological polar surface area (TPSA) is 114 Å². The van der Waals surface area contributed by atoms with Crippen LogP contribution >= 0.6 is 0 Å². The first-order valence-electron chi connectivity index (χ1n) is 13.6. The summed E-state index contributed by atoms with van der Waals surface area (Å²) in [5.74, 6) is -0.590. The molecule has 0 atom stereocenters. The lowest BCUT2D eigenvalue weighted by atomic mass is 9.81. The Kier molecular flexibility index (Phi) is 10.2. The average Bonchev–Trinajstić information content (AvgIpc) is 3.54. The number of carbonyl (C=O) groups is 2. The van der Waals surface area contributed by atoms with E-state index >= 15 is 0 Å². The molecule has 218 valence electrons. The maximum Gasteiger partial charge on any atom is 0.488 e. The van der Waals surface area contributed by atoms with E-state index in [1.807, 2.05) is 98.8 Å². The predicted molar refractivity (Wildman–Crippen MR) is 170 cm³/mol. The highest BCUT2D eigenvalue weighted by Crippen LogP contribution is 2.29.